The molecule has 2 heterocycles. The van der Waals surface area contributed by atoms with Crippen molar-refractivity contribution >= 4 is 5.78 Å². The summed E-state index contributed by atoms with van der Waals surface area (Å²) in [6.45, 7) is 0. The third-order valence-corrected chi connectivity index (χ3v) is 1.13. The van der Waals surface area contributed by atoms with Gasteiger partial charge in [0, 0.05) is 12.3 Å². The van der Waals surface area contributed by atoms with Crippen molar-refractivity contribution < 1.29 is 4.39 Å². The molecule has 2 rings (SSSR count). The lowest BCUT2D eigenvalue weighted by atomic mass is 10.6. The molecular weight excluding hydrogens is 135 g/mol. The number of aromatic nitrogens is 4. The smallest absolute Gasteiger partial charge is 0.257 e. The molecule has 0 aliphatic heterocycles. The van der Waals surface area contributed by atoms with Crippen LogP contribution in [0.15, 0.2) is 18.6 Å². The van der Waals surface area contributed by atoms with Gasteiger partial charge in [0.25, 0.3) is 5.78 Å². The molecule has 0 atom stereocenters. The third-order valence-electron chi connectivity index (χ3n) is 1.13. The first-order valence-corrected chi connectivity index (χ1v) is 2.68. The zero-order valence-electron chi connectivity index (χ0n) is 4.90. The topological polar surface area (TPSA) is 43.1 Å². The first-order chi connectivity index (χ1) is 4.86. The molecule has 0 amide bonds. The summed E-state index contributed by atoms with van der Waals surface area (Å²) < 4.78 is 13.9. The molecule has 0 fully saturated rings. The minimum absolute atomic E-state index is 0.278. The average molecular weight is 138 g/mol. The Kier molecular flexibility index (Phi) is 0.913. The van der Waals surface area contributed by atoms with Gasteiger partial charge in [-0.05, 0) is 0 Å². The van der Waals surface area contributed by atoms with Crippen LogP contribution in [-0.2, 0) is 0 Å². The van der Waals surface area contributed by atoms with Crippen molar-refractivity contribution in [3.05, 3.63) is 24.5 Å². The SMILES string of the molecule is Fc1ccn2cnnc2n1. The van der Waals surface area contributed by atoms with Gasteiger partial charge in [-0.25, -0.2) is 0 Å². The maximum atomic E-state index is 12.3. The third kappa shape index (κ3) is 0.637. The van der Waals surface area contributed by atoms with Gasteiger partial charge < -0.3 is 0 Å². The second-order valence-corrected chi connectivity index (χ2v) is 1.79. The summed E-state index contributed by atoms with van der Waals surface area (Å²) in [7, 11) is 0. The molecule has 2 aromatic heterocycles. The second kappa shape index (κ2) is 1.73. The van der Waals surface area contributed by atoms with Gasteiger partial charge >= 0.3 is 0 Å². The Balaban J connectivity index is 2.86. The number of fused-ring (bicyclic) bond motifs is 1. The molecule has 10 heavy (non-hydrogen) atoms. The minimum atomic E-state index is -0.541. The lowest BCUT2D eigenvalue weighted by Gasteiger charge is -1.87. The quantitative estimate of drug-likeness (QED) is 0.490. The van der Waals surface area contributed by atoms with Gasteiger partial charge in [-0.2, -0.15) is 9.37 Å². The highest BCUT2D eigenvalue weighted by Crippen LogP contribution is 1.94. The van der Waals surface area contributed by atoms with Crippen LogP contribution in [0.5, 0.6) is 0 Å². The Morgan fingerprint density at radius 2 is 2.40 bits per heavy atom. The fourth-order valence-corrected chi connectivity index (χ4v) is 0.696. The lowest BCUT2D eigenvalue weighted by molar-refractivity contribution is 0.582. The summed E-state index contributed by atoms with van der Waals surface area (Å²) in [5.74, 6) is -0.263. The van der Waals surface area contributed by atoms with Crippen LogP contribution >= 0.6 is 0 Å². The molecular formula is C5H3FN4. The van der Waals surface area contributed by atoms with Gasteiger partial charge in [0.1, 0.15) is 6.33 Å². The summed E-state index contributed by atoms with van der Waals surface area (Å²) in [5.41, 5.74) is 0. The molecule has 0 aliphatic rings. The van der Waals surface area contributed by atoms with Gasteiger partial charge in [-0.15, -0.1) is 10.2 Å². The zero-order valence-corrected chi connectivity index (χ0v) is 4.90. The average Bonchev–Trinajstić information content (AvgIpc) is 2.33. The van der Waals surface area contributed by atoms with E-state index in [-0.39, 0.29) is 5.78 Å². The molecule has 0 saturated carbocycles. The first-order valence-electron chi connectivity index (χ1n) is 2.68. The van der Waals surface area contributed by atoms with Crippen LogP contribution in [-0.4, -0.2) is 19.6 Å². The zero-order chi connectivity index (χ0) is 6.97. The maximum absolute atomic E-state index is 12.3. The van der Waals surface area contributed by atoms with E-state index in [1.165, 1.54) is 23.0 Å². The van der Waals surface area contributed by atoms with Gasteiger partial charge in [-0.3, -0.25) is 4.40 Å². The van der Waals surface area contributed by atoms with E-state index in [9.17, 15) is 4.39 Å². The molecule has 2 aromatic rings. The molecule has 4 nitrogen and oxygen atoms in total. The van der Waals surface area contributed by atoms with Crippen molar-refractivity contribution in [2.45, 2.75) is 0 Å². The summed E-state index contributed by atoms with van der Waals surface area (Å²) in [4.78, 5) is 3.46. The Hall–Kier alpha value is -1.52. The number of nitrogens with zero attached hydrogens (tertiary/aromatic N) is 4. The van der Waals surface area contributed by atoms with Crippen molar-refractivity contribution in [2.24, 2.45) is 0 Å². The van der Waals surface area contributed by atoms with Crippen LogP contribution < -0.4 is 0 Å². The van der Waals surface area contributed by atoms with E-state index in [0.29, 0.717) is 0 Å². The van der Waals surface area contributed by atoms with Crippen molar-refractivity contribution in [1.29, 1.82) is 0 Å². The van der Waals surface area contributed by atoms with E-state index in [1.54, 1.807) is 0 Å². The van der Waals surface area contributed by atoms with Crippen molar-refractivity contribution in [3.8, 4) is 0 Å². The predicted octanol–water partition coefficient (Wildman–Crippen LogP) is 0.263. The van der Waals surface area contributed by atoms with Crippen molar-refractivity contribution in [1.82, 2.24) is 19.6 Å². The van der Waals surface area contributed by atoms with E-state index in [2.05, 4.69) is 15.2 Å². The lowest BCUT2D eigenvalue weighted by Crippen LogP contribution is -1.89. The van der Waals surface area contributed by atoms with Crippen LogP contribution in [0.25, 0.3) is 5.78 Å². The standard InChI is InChI=1S/C5H3FN4/c6-4-1-2-10-3-7-9-5(10)8-4/h1-3H. The van der Waals surface area contributed by atoms with Crippen molar-refractivity contribution in [3.63, 3.8) is 0 Å². The number of halogens is 1. The van der Waals surface area contributed by atoms with Crippen LogP contribution in [0.2, 0.25) is 0 Å². The molecule has 0 aromatic carbocycles. The predicted molar refractivity (Wildman–Crippen MR) is 30.7 cm³/mol. The Morgan fingerprint density at radius 3 is 3.30 bits per heavy atom. The van der Waals surface area contributed by atoms with Crippen LogP contribution in [0.3, 0.4) is 0 Å². The van der Waals surface area contributed by atoms with Crippen LogP contribution in [0.4, 0.5) is 4.39 Å². The highest BCUT2D eigenvalue weighted by Gasteiger charge is 1.95. The largest absolute Gasteiger partial charge is 0.273 e. The summed E-state index contributed by atoms with van der Waals surface area (Å²) >= 11 is 0. The highest BCUT2D eigenvalue weighted by atomic mass is 19.1. The van der Waals surface area contributed by atoms with Crippen LogP contribution in [0, 0.1) is 5.95 Å². The molecule has 0 bridgehead atoms. The molecule has 0 aliphatic carbocycles. The second-order valence-electron chi connectivity index (χ2n) is 1.79. The number of rotatable bonds is 0. The highest BCUT2D eigenvalue weighted by molar-refractivity contribution is 5.23. The van der Waals surface area contributed by atoms with E-state index in [1.807, 2.05) is 0 Å². The van der Waals surface area contributed by atoms with Gasteiger partial charge in [0.15, 0.2) is 0 Å². The molecule has 0 N–H and O–H groups in total. The monoisotopic (exact) mass is 138 g/mol. The fourth-order valence-electron chi connectivity index (χ4n) is 0.696. The van der Waals surface area contributed by atoms with Crippen molar-refractivity contribution in [2.75, 3.05) is 0 Å². The summed E-state index contributed by atoms with van der Waals surface area (Å²) in [6.07, 6.45) is 2.97. The van der Waals surface area contributed by atoms with E-state index < -0.39 is 5.95 Å². The van der Waals surface area contributed by atoms with E-state index >= 15 is 0 Å². The Labute approximate surface area is 55.3 Å². The molecule has 0 unspecified atom stereocenters. The molecule has 50 valence electrons. The Bertz CT molecular complexity index is 355. The van der Waals surface area contributed by atoms with Gasteiger partial charge in [0.2, 0.25) is 5.95 Å². The van der Waals surface area contributed by atoms with E-state index in [0.717, 1.165) is 0 Å². The summed E-state index contributed by atoms with van der Waals surface area (Å²) in [5, 5.41) is 7.07. The molecule has 5 heteroatoms. The first kappa shape index (κ1) is 5.28. The van der Waals surface area contributed by atoms with Crippen LogP contribution in [0.1, 0.15) is 0 Å². The fraction of sp³-hybridized carbons (Fsp3) is 0. The number of hydrogen-bond donors (Lipinski definition) is 0. The number of hydrogen-bond acceptors (Lipinski definition) is 3. The molecule has 0 saturated heterocycles. The van der Waals surface area contributed by atoms with E-state index in [4.69, 9.17) is 0 Å². The molecule has 0 radical (unpaired) electrons. The minimum Gasteiger partial charge on any atom is -0.273 e. The normalized spacial score (nSPS) is 10.5. The Morgan fingerprint density at radius 1 is 1.50 bits per heavy atom. The summed E-state index contributed by atoms with van der Waals surface area (Å²) in [6, 6.07) is 1.25. The van der Waals surface area contributed by atoms with Gasteiger partial charge in [-0.1, -0.05) is 0 Å². The molecule has 0 spiro atoms. The van der Waals surface area contributed by atoms with Gasteiger partial charge in [0.05, 0.1) is 0 Å². The maximum Gasteiger partial charge on any atom is 0.257 e.